The second kappa shape index (κ2) is 33.6. The van der Waals surface area contributed by atoms with E-state index in [2.05, 4.69) is 13.8 Å². The van der Waals surface area contributed by atoms with Crippen LogP contribution >= 0.6 is 0 Å². The summed E-state index contributed by atoms with van der Waals surface area (Å²) in [6.07, 6.45) is 24.4. The molecule has 0 bridgehead atoms. The Bertz CT molecular complexity index is 580. The third-order valence-electron chi connectivity index (χ3n) is 5.45. The zero-order valence-electron chi connectivity index (χ0n) is 23.6. The Kier molecular flexibility index (Phi) is 42.3. The molecule has 12 heteroatoms. The quantitative estimate of drug-likeness (QED) is 0.0695. The van der Waals surface area contributed by atoms with Crippen LogP contribution in [-0.2, 0) is 29.2 Å². The van der Waals surface area contributed by atoms with Crippen molar-refractivity contribution in [3.8, 4) is 0 Å². The van der Waals surface area contributed by atoms with Crippen LogP contribution in [0.1, 0.15) is 142 Å². The van der Waals surface area contributed by atoms with Gasteiger partial charge in [0, 0.05) is 10.4 Å². The maximum Gasteiger partial charge on any atom is 1.00 e. The van der Waals surface area contributed by atoms with E-state index in [0.29, 0.717) is 0 Å². The summed E-state index contributed by atoms with van der Waals surface area (Å²) < 4.78 is 67.4. The average Bonchev–Trinajstić information content (AvgIpc) is 2.74. The molecule has 8 nitrogen and oxygen atoms in total. The second-order valence-corrected chi connectivity index (χ2v) is 10.9. The maximum absolute atomic E-state index is 11.7. The minimum atomic E-state index is -5.17. The van der Waals surface area contributed by atoms with Gasteiger partial charge in [-0.2, -0.15) is 8.42 Å². The van der Waals surface area contributed by atoms with Crippen molar-refractivity contribution in [1.29, 1.82) is 0 Å². The fourth-order valence-electron chi connectivity index (χ4n) is 3.53. The number of rotatable bonds is 24. The predicted octanol–water partition coefficient (Wildman–Crippen LogP) is 0.776. The van der Waals surface area contributed by atoms with Crippen LogP contribution in [0.4, 0.5) is 0 Å². The summed E-state index contributed by atoms with van der Waals surface area (Å²) in [7, 11) is -8.97. The Morgan fingerprint density at radius 3 is 0.889 bits per heavy atom. The zero-order valence-corrected chi connectivity index (χ0v) is 30.4. The van der Waals surface area contributed by atoms with E-state index in [9.17, 15) is 8.42 Å². The Hall–Kier alpha value is 2.38. The molecule has 0 aliphatic carbocycles. The van der Waals surface area contributed by atoms with Crippen molar-refractivity contribution in [1.82, 2.24) is 0 Å². The predicted molar refractivity (Wildman–Crippen MR) is 135 cm³/mol. The van der Waals surface area contributed by atoms with Gasteiger partial charge in [-0.3, -0.25) is 8.42 Å². The molecular formula is C24H50KNaO8S2. The van der Waals surface area contributed by atoms with Gasteiger partial charge in [0.15, 0.2) is 0 Å². The topological polar surface area (TPSA) is 133 Å². The van der Waals surface area contributed by atoms with Gasteiger partial charge in [-0.25, -0.2) is 8.37 Å². The standard InChI is InChI=1S/C24H50O4S.K.Na.H2O4S/c1-3-5-7-9-11-13-15-17-19-21-23-27-29(25,26)28-24-22-20-18-16-14-12-10-8-6-4-2;;;1-5(2,3)4/h3-24H2,1-2H3;;;(H2,1,2,3,4)/q;2*+1;/p-2. The Labute approximate surface area is 287 Å². The van der Waals surface area contributed by atoms with Crippen molar-refractivity contribution >= 4 is 20.8 Å². The average molecular weight is 593 g/mol. The van der Waals surface area contributed by atoms with Crippen LogP contribution in [0.2, 0.25) is 0 Å². The molecule has 208 valence electrons. The molecule has 0 aromatic rings. The largest absolute Gasteiger partial charge is 1.00 e. The molecule has 0 N–H and O–H groups in total. The van der Waals surface area contributed by atoms with Gasteiger partial charge in [-0.05, 0) is 12.8 Å². The first kappa shape index (κ1) is 45.4. The molecule has 0 saturated carbocycles. The number of hydrogen-bond acceptors (Lipinski definition) is 8. The fraction of sp³-hybridized carbons (Fsp3) is 1.00. The van der Waals surface area contributed by atoms with Crippen LogP contribution in [0.25, 0.3) is 0 Å². The smallest absolute Gasteiger partial charge is 0.759 e. The van der Waals surface area contributed by atoms with Crippen LogP contribution in [0.3, 0.4) is 0 Å². The molecule has 0 aliphatic heterocycles. The molecule has 0 aromatic heterocycles. The summed E-state index contributed by atoms with van der Waals surface area (Å²) in [5.41, 5.74) is 0. The molecule has 0 atom stereocenters. The third kappa shape index (κ3) is 49.3. The summed E-state index contributed by atoms with van der Waals surface area (Å²) in [6.45, 7) is 4.98. The first-order chi connectivity index (χ1) is 16.1. The van der Waals surface area contributed by atoms with Crippen molar-refractivity contribution in [2.24, 2.45) is 0 Å². The molecule has 0 unspecified atom stereocenters. The summed E-state index contributed by atoms with van der Waals surface area (Å²) >= 11 is 0. The molecular weight excluding hydrogens is 542 g/mol. The first-order valence-corrected chi connectivity index (χ1v) is 16.0. The van der Waals surface area contributed by atoms with Crippen molar-refractivity contribution < 1.29 is 115 Å². The Balaban J connectivity index is -0.000000661. The maximum atomic E-state index is 11.7. The van der Waals surface area contributed by atoms with Crippen LogP contribution in [0.5, 0.6) is 0 Å². The summed E-state index contributed by atoms with van der Waals surface area (Å²) in [6, 6.07) is 0. The molecule has 0 heterocycles. The SMILES string of the molecule is CCCCCCCCCCCCOS(=O)(=O)OCCCCCCCCCCCC.O=S(=O)([O-])[O-].[K+].[Na+]. The molecule has 0 aromatic carbocycles. The fourth-order valence-corrected chi connectivity index (χ4v) is 4.25. The van der Waals surface area contributed by atoms with Gasteiger partial charge >= 0.3 is 91.3 Å². The van der Waals surface area contributed by atoms with E-state index < -0.39 is 20.8 Å². The van der Waals surface area contributed by atoms with E-state index >= 15 is 0 Å². The van der Waals surface area contributed by atoms with Crippen LogP contribution in [0, 0.1) is 0 Å². The number of hydrogen-bond donors (Lipinski definition) is 0. The number of unbranched alkanes of at least 4 members (excludes halogenated alkanes) is 18. The van der Waals surface area contributed by atoms with Gasteiger partial charge in [-0.1, -0.05) is 129 Å². The minimum absolute atomic E-state index is 0. The Morgan fingerprint density at radius 1 is 0.472 bits per heavy atom. The normalized spacial score (nSPS) is 11.2. The van der Waals surface area contributed by atoms with Gasteiger partial charge in [0.05, 0.1) is 13.2 Å². The minimum Gasteiger partial charge on any atom is -0.759 e. The van der Waals surface area contributed by atoms with Gasteiger partial charge in [0.2, 0.25) is 0 Å². The van der Waals surface area contributed by atoms with E-state index in [1.165, 1.54) is 89.9 Å². The summed E-state index contributed by atoms with van der Waals surface area (Å²) in [5.74, 6) is 0. The van der Waals surface area contributed by atoms with Gasteiger partial charge in [0.25, 0.3) is 0 Å². The van der Waals surface area contributed by atoms with Crippen LogP contribution < -0.4 is 80.9 Å². The monoisotopic (exact) mass is 592 g/mol. The van der Waals surface area contributed by atoms with Crippen molar-refractivity contribution in [3.63, 3.8) is 0 Å². The van der Waals surface area contributed by atoms with Gasteiger partial charge in [0.1, 0.15) is 0 Å². The molecule has 0 fully saturated rings. The van der Waals surface area contributed by atoms with E-state index in [1.807, 2.05) is 0 Å². The van der Waals surface area contributed by atoms with E-state index in [0.717, 1.165) is 38.5 Å². The zero-order chi connectivity index (χ0) is 26.0. The summed E-state index contributed by atoms with van der Waals surface area (Å²) in [4.78, 5) is 0. The van der Waals surface area contributed by atoms with E-state index in [4.69, 9.17) is 25.9 Å². The van der Waals surface area contributed by atoms with Gasteiger partial charge < -0.3 is 9.11 Å². The van der Waals surface area contributed by atoms with E-state index in [-0.39, 0.29) is 94.2 Å². The molecule has 0 saturated heterocycles. The summed E-state index contributed by atoms with van der Waals surface area (Å²) in [5, 5.41) is 0. The van der Waals surface area contributed by atoms with Crippen molar-refractivity contribution in [3.05, 3.63) is 0 Å². The molecule has 0 spiro atoms. The molecule has 0 aliphatic rings. The molecule has 0 radical (unpaired) electrons. The van der Waals surface area contributed by atoms with Gasteiger partial charge in [-0.15, -0.1) is 0 Å². The van der Waals surface area contributed by atoms with E-state index in [1.54, 1.807) is 0 Å². The molecule has 0 rings (SSSR count). The van der Waals surface area contributed by atoms with Crippen molar-refractivity contribution in [2.45, 2.75) is 142 Å². The molecule has 36 heavy (non-hydrogen) atoms. The van der Waals surface area contributed by atoms with Crippen molar-refractivity contribution in [2.75, 3.05) is 13.2 Å². The molecule has 0 amide bonds. The Morgan fingerprint density at radius 2 is 0.667 bits per heavy atom. The first-order valence-electron chi connectivity index (χ1n) is 13.3. The second-order valence-electron chi connectivity index (χ2n) is 8.82. The van der Waals surface area contributed by atoms with Crippen LogP contribution in [0.15, 0.2) is 0 Å². The van der Waals surface area contributed by atoms with Crippen LogP contribution in [-0.4, -0.2) is 39.2 Å². The third-order valence-corrected chi connectivity index (χ3v) is 6.36.